The number of piperidine rings is 1. The van der Waals surface area contributed by atoms with E-state index in [1.807, 2.05) is 13.8 Å². The second-order valence-corrected chi connectivity index (χ2v) is 6.77. The van der Waals surface area contributed by atoms with E-state index in [1.165, 1.54) is 0 Å². The Morgan fingerprint density at radius 1 is 1.45 bits per heavy atom. The van der Waals surface area contributed by atoms with Crippen LogP contribution in [-0.2, 0) is 9.53 Å². The number of nitrogens with one attached hydrogen (secondary N) is 2. The molecule has 0 spiro atoms. The summed E-state index contributed by atoms with van der Waals surface area (Å²) in [6.45, 7) is 7.18. The summed E-state index contributed by atoms with van der Waals surface area (Å²) >= 11 is 0. The minimum Gasteiger partial charge on any atom is -0.394 e. The van der Waals surface area contributed by atoms with E-state index in [0.717, 1.165) is 25.9 Å². The number of ether oxygens (including phenoxy) is 1. The van der Waals surface area contributed by atoms with Crippen LogP contribution < -0.4 is 10.6 Å². The van der Waals surface area contributed by atoms with Crippen LogP contribution in [0.15, 0.2) is 0 Å². The van der Waals surface area contributed by atoms with E-state index in [0.29, 0.717) is 32.0 Å². The third-order valence-corrected chi connectivity index (χ3v) is 5.03. The van der Waals surface area contributed by atoms with Gasteiger partial charge in [-0.2, -0.15) is 0 Å². The Hall–Kier alpha value is -0.650. The van der Waals surface area contributed by atoms with Gasteiger partial charge in [-0.3, -0.25) is 4.79 Å². The highest BCUT2D eigenvalue weighted by Crippen LogP contribution is 2.33. The standard InChI is InChI=1S/C15H28N2O3/c1-14(2,12-4-3-7-16-10-12)13(19)17-15(11-18)5-8-20-9-6-15/h12,16,18H,3-11H2,1-2H3,(H,17,19). The van der Waals surface area contributed by atoms with Crippen LogP contribution in [0.2, 0.25) is 0 Å². The first kappa shape index (κ1) is 15.7. The fourth-order valence-corrected chi connectivity index (χ4v) is 3.14. The zero-order chi connectivity index (χ0) is 14.6. The molecule has 0 bridgehead atoms. The minimum atomic E-state index is -0.491. The molecule has 2 rings (SSSR count). The number of hydrogen-bond acceptors (Lipinski definition) is 4. The van der Waals surface area contributed by atoms with E-state index in [9.17, 15) is 9.90 Å². The molecule has 0 radical (unpaired) electrons. The zero-order valence-electron chi connectivity index (χ0n) is 12.7. The Kier molecular flexibility index (Phi) is 5.04. The molecule has 1 amide bonds. The van der Waals surface area contributed by atoms with E-state index >= 15 is 0 Å². The van der Waals surface area contributed by atoms with Crippen LogP contribution in [0.3, 0.4) is 0 Å². The van der Waals surface area contributed by atoms with E-state index in [4.69, 9.17) is 4.74 Å². The third kappa shape index (κ3) is 3.32. The predicted octanol–water partition coefficient (Wildman–Crippen LogP) is 0.670. The number of aliphatic hydroxyl groups excluding tert-OH is 1. The van der Waals surface area contributed by atoms with Crippen LogP contribution in [0.5, 0.6) is 0 Å². The maximum absolute atomic E-state index is 12.7. The number of aliphatic hydroxyl groups is 1. The molecule has 5 heteroatoms. The molecule has 0 aromatic carbocycles. The second-order valence-electron chi connectivity index (χ2n) is 6.77. The Labute approximate surface area is 121 Å². The average molecular weight is 284 g/mol. The van der Waals surface area contributed by atoms with Gasteiger partial charge in [-0.05, 0) is 44.7 Å². The molecule has 116 valence electrons. The van der Waals surface area contributed by atoms with Gasteiger partial charge in [0.15, 0.2) is 0 Å². The van der Waals surface area contributed by atoms with Crippen LogP contribution in [0.4, 0.5) is 0 Å². The molecule has 20 heavy (non-hydrogen) atoms. The molecule has 5 nitrogen and oxygen atoms in total. The molecular weight excluding hydrogens is 256 g/mol. The van der Waals surface area contributed by atoms with Crippen molar-refractivity contribution in [3.05, 3.63) is 0 Å². The highest BCUT2D eigenvalue weighted by atomic mass is 16.5. The van der Waals surface area contributed by atoms with Gasteiger partial charge in [-0.1, -0.05) is 13.8 Å². The van der Waals surface area contributed by atoms with Crippen LogP contribution >= 0.6 is 0 Å². The maximum Gasteiger partial charge on any atom is 0.226 e. The summed E-state index contributed by atoms with van der Waals surface area (Å²) in [6, 6.07) is 0. The minimum absolute atomic E-state index is 0.0128. The van der Waals surface area contributed by atoms with Crippen molar-refractivity contribution in [3.8, 4) is 0 Å². The van der Waals surface area contributed by atoms with Crippen LogP contribution in [0.1, 0.15) is 39.5 Å². The lowest BCUT2D eigenvalue weighted by atomic mass is 9.73. The Balaban J connectivity index is 2.01. The van der Waals surface area contributed by atoms with Crippen molar-refractivity contribution in [2.45, 2.75) is 45.1 Å². The summed E-state index contributed by atoms with van der Waals surface area (Å²) in [4.78, 5) is 12.7. The number of carbonyl (C=O) groups excluding carboxylic acids is 1. The molecule has 2 aliphatic rings. The van der Waals surface area contributed by atoms with E-state index in [-0.39, 0.29) is 12.5 Å². The van der Waals surface area contributed by atoms with Gasteiger partial charge in [0, 0.05) is 18.6 Å². The fourth-order valence-electron chi connectivity index (χ4n) is 3.14. The normalized spacial score (nSPS) is 27.1. The Morgan fingerprint density at radius 2 is 2.15 bits per heavy atom. The van der Waals surface area contributed by atoms with Gasteiger partial charge >= 0.3 is 0 Å². The van der Waals surface area contributed by atoms with Crippen LogP contribution in [-0.4, -0.2) is 49.5 Å². The molecule has 1 unspecified atom stereocenters. The van der Waals surface area contributed by atoms with Crippen molar-refractivity contribution in [2.24, 2.45) is 11.3 Å². The van der Waals surface area contributed by atoms with Gasteiger partial charge in [0.25, 0.3) is 0 Å². The lowest BCUT2D eigenvalue weighted by molar-refractivity contribution is -0.137. The van der Waals surface area contributed by atoms with Crippen molar-refractivity contribution in [2.75, 3.05) is 32.9 Å². The van der Waals surface area contributed by atoms with Crippen molar-refractivity contribution >= 4 is 5.91 Å². The summed E-state index contributed by atoms with van der Waals surface area (Å²) in [7, 11) is 0. The first-order chi connectivity index (χ1) is 9.50. The smallest absolute Gasteiger partial charge is 0.226 e. The molecule has 0 saturated carbocycles. The molecule has 2 saturated heterocycles. The van der Waals surface area contributed by atoms with Gasteiger partial charge in [0.1, 0.15) is 0 Å². The van der Waals surface area contributed by atoms with E-state index < -0.39 is 11.0 Å². The zero-order valence-corrected chi connectivity index (χ0v) is 12.7. The fraction of sp³-hybridized carbons (Fsp3) is 0.933. The van der Waals surface area contributed by atoms with Crippen molar-refractivity contribution in [1.82, 2.24) is 10.6 Å². The molecule has 0 aromatic rings. The summed E-state index contributed by atoms with van der Waals surface area (Å²) in [5.74, 6) is 0.411. The molecule has 2 aliphatic heterocycles. The van der Waals surface area contributed by atoms with Crippen molar-refractivity contribution in [1.29, 1.82) is 0 Å². The lowest BCUT2D eigenvalue weighted by Crippen LogP contribution is -2.59. The Morgan fingerprint density at radius 3 is 2.70 bits per heavy atom. The summed E-state index contributed by atoms with van der Waals surface area (Å²) in [6.07, 6.45) is 3.59. The van der Waals surface area contributed by atoms with E-state index in [1.54, 1.807) is 0 Å². The SMILES string of the molecule is CC(C)(C(=O)NC1(CO)CCOCC1)C1CCCNC1. The lowest BCUT2D eigenvalue weighted by Gasteiger charge is -2.42. The molecule has 0 aromatic heterocycles. The average Bonchev–Trinajstić information content (AvgIpc) is 2.49. The number of carbonyl (C=O) groups is 1. The number of hydrogen-bond donors (Lipinski definition) is 3. The second kappa shape index (κ2) is 6.41. The summed E-state index contributed by atoms with van der Waals surface area (Å²) in [5, 5.41) is 16.2. The molecular formula is C15H28N2O3. The highest BCUT2D eigenvalue weighted by Gasteiger charge is 2.42. The number of amides is 1. The first-order valence-corrected chi connectivity index (χ1v) is 7.72. The Bertz CT molecular complexity index is 332. The third-order valence-electron chi connectivity index (χ3n) is 5.03. The summed E-state index contributed by atoms with van der Waals surface area (Å²) in [5.41, 5.74) is -0.900. The van der Waals surface area contributed by atoms with Crippen molar-refractivity contribution < 1.29 is 14.6 Å². The first-order valence-electron chi connectivity index (χ1n) is 7.72. The van der Waals surface area contributed by atoms with Gasteiger partial charge in [-0.25, -0.2) is 0 Å². The topological polar surface area (TPSA) is 70.6 Å². The van der Waals surface area contributed by atoms with Gasteiger partial charge < -0.3 is 20.5 Å². The van der Waals surface area contributed by atoms with Gasteiger partial charge in [0.2, 0.25) is 5.91 Å². The summed E-state index contributed by atoms with van der Waals surface area (Å²) < 4.78 is 5.34. The quantitative estimate of drug-likeness (QED) is 0.709. The van der Waals surface area contributed by atoms with Crippen molar-refractivity contribution in [3.63, 3.8) is 0 Å². The maximum atomic E-state index is 12.7. The highest BCUT2D eigenvalue weighted by molar-refractivity contribution is 5.83. The van der Waals surface area contributed by atoms with Gasteiger partial charge in [-0.15, -0.1) is 0 Å². The predicted molar refractivity (Wildman–Crippen MR) is 77.4 cm³/mol. The van der Waals surface area contributed by atoms with E-state index in [2.05, 4.69) is 10.6 Å². The molecule has 2 fully saturated rings. The van der Waals surface area contributed by atoms with Crippen LogP contribution in [0, 0.1) is 11.3 Å². The molecule has 1 atom stereocenters. The van der Waals surface area contributed by atoms with Gasteiger partial charge in [0.05, 0.1) is 12.1 Å². The molecule has 2 heterocycles. The van der Waals surface area contributed by atoms with Crippen LogP contribution in [0.25, 0.3) is 0 Å². The molecule has 3 N–H and O–H groups in total. The molecule has 0 aliphatic carbocycles. The monoisotopic (exact) mass is 284 g/mol. The largest absolute Gasteiger partial charge is 0.394 e. The number of rotatable bonds is 4.